The Bertz CT molecular complexity index is 580. The summed E-state index contributed by atoms with van der Waals surface area (Å²) < 4.78 is 12.6. The first-order chi connectivity index (χ1) is 13.9. The maximum absolute atomic E-state index is 6.31. The zero-order chi connectivity index (χ0) is 20.3. The Balaban J connectivity index is 1.39. The minimum atomic E-state index is -0.261. The molecule has 0 aromatic rings. The summed E-state index contributed by atoms with van der Waals surface area (Å²) in [5.41, 5.74) is 0.903. The van der Waals surface area contributed by atoms with Crippen LogP contribution in [0.25, 0.3) is 0 Å². The SMILES string of the molecule is C[C@@H]1CC[C@]2(C)[C@@H](CC3(C[C@@H]2C)OCCO3)[C@@]1(C)CCB1C2CCCC1CCC2. The molecule has 5 fully saturated rings. The van der Waals surface area contributed by atoms with E-state index in [9.17, 15) is 0 Å². The standard InChI is InChI=1S/C26H45BO2/c1-19-11-12-24(3)20(2)17-26(28-15-16-29-26)18-23(24)25(19,4)13-14-27-21-7-5-8-22(27)10-6-9-21/h19-23H,5-18H2,1-4H3/t19-,20+,21?,22?,23-,24+,25+/m1/s1. The van der Waals surface area contributed by atoms with Gasteiger partial charge in [-0.3, -0.25) is 0 Å². The van der Waals surface area contributed by atoms with E-state index in [2.05, 4.69) is 27.7 Å². The second kappa shape index (κ2) is 7.54. The minimum absolute atomic E-state index is 0.261. The van der Waals surface area contributed by atoms with Gasteiger partial charge in [-0.05, 0) is 41.4 Å². The Morgan fingerprint density at radius 3 is 2.07 bits per heavy atom. The van der Waals surface area contributed by atoms with Gasteiger partial charge in [-0.1, -0.05) is 90.6 Å². The fraction of sp³-hybridized carbons (Fsp3) is 1.00. The van der Waals surface area contributed by atoms with Crippen LogP contribution in [0.3, 0.4) is 0 Å². The Kier molecular flexibility index (Phi) is 5.43. The lowest BCUT2D eigenvalue weighted by atomic mass is 9.25. The molecule has 2 saturated carbocycles. The summed E-state index contributed by atoms with van der Waals surface area (Å²) >= 11 is 0. The van der Waals surface area contributed by atoms with Crippen molar-refractivity contribution in [3.63, 3.8) is 0 Å². The molecule has 2 aliphatic carbocycles. The van der Waals surface area contributed by atoms with Crippen molar-refractivity contribution in [2.75, 3.05) is 13.2 Å². The summed E-state index contributed by atoms with van der Waals surface area (Å²) in [6, 6.07) is 0. The summed E-state index contributed by atoms with van der Waals surface area (Å²) in [6.07, 6.45) is 17.1. The van der Waals surface area contributed by atoms with E-state index >= 15 is 0 Å². The van der Waals surface area contributed by atoms with Gasteiger partial charge in [0.2, 0.25) is 0 Å². The minimum Gasteiger partial charge on any atom is -0.348 e. The van der Waals surface area contributed by atoms with Gasteiger partial charge in [-0.25, -0.2) is 0 Å². The van der Waals surface area contributed by atoms with E-state index in [0.29, 0.717) is 16.7 Å². The fourth-order valence-corrected chi connectivity index (χ4v) is 9.20. The molecule has 2 bridgehead atoms. The Labute approximate surface area is 180 Å². The van der Waals surface area contributed by atoms with Crippen LogP contribution in [0.2, 0.25) is 18.0 Å². The maximum Gasteiger partial charge on any atom is 0.169 e. The van der Waals surface area contributed by atoms with Crippen molar-refractivity contribution < 1.29 is 9.47 Å². The molecule has 0 aromatic carbocycles. The molecule has 29 heavy (non-hydrogen) atoms. The van der Waals surface area contributed by atoms with Gasteiger partial charge in [0.15, 0.2) is 5.79 Å². The lowest BCUT2D eigenvalue weighted by molar-refractivity contribution is -0.251. The van der Waals surface area contributed by atoms with Crippen LogP contribution in [0, 0.1) is 28.6 Å². The molecule has 3 saturated heterocycles. The lowest BCUT2D eigenvalue weighted by Crippen LogP contribution is -2.58. The first kappa shape index (κ1) is 20.9. The van der Waals surface area contributed by atoms with Crippen LogP contribution in [0.1, 0.15) is 98.3 Å². The highest BCUT2D eigenvalue weighted by Gasteiger charge is 2.61. The van der Waals surface area contributed by atoms with Crippen molar-refractivity contribution in [3.05, 3.63) is 0 Å². The molecule has 5 aliphatic rings. The molecule has 3 heterocycles. The molecule has 5 atom stereocenters. The van der Waals surface area contributed by atoms with Crippen LogP contribution in [0.15, 0.2) is 0 Å². The van der Waals surface area contributed by atoms with Crippen molar-refractivity contribution in [3.8, 4) is 0 Å². The number of fused-ring (bicyclic) bond motifs is 3. The van der Waals surface area contributed by atoms with E-state index < -0.39 is 0 Å². The average Bonchev–Trinajstić information content (AvgIpc) is 3.14. The highest BCUT2D eigenvalue weighted by molar-refractivity contribution is 6.62. The normalized spacial score (nSPS) is 49.2. The van der Waals surface area contributed by atoms with Crippen LogP contribution in [0.5, 0.6) is 0 Å². The summed E-state index contributed by atoms with van der Waals surface area (Å²) in [7, 11) is 0. The van der Waals surface area contributed by atoms with E-state index in [-0.39, 0.29) is 5.79 Å². The summed E-state index contributed by atoms with van der Waals surface area (Å²) in [5, 5.41) is 0. The monoisotopic (exact) mass is 400 g/mol. The molecule has 0 unspecified atom stereocenters. The van der Waals surface area contributed by atoms with Crippen molar-refractivity contribution in [2.45, 2.75) is 122 Å². The number of rotatable bonds is 3. The number of hydrogen-bond acceptors (Lipinski definition) is 2. The molecule has 5 rings (SSSR count). The third kappa shape index (κ3) is 3.36. The van der Waals surface area contributed by atoms with E-state index in [4.69, 9.17) is 9.47 Å². The smallest absolute Gasteiger partial charge is 0.169 e. The highest BCUT2D eigenvalue weighted by Crippen LogP contribution is 2.66. The van der Waals surface area contributed by atoms with Gasteiger partial charge in [-0.15, -0.1) is 0 Å². The van der Waals surface area contributed by atoms with Crippen molar-refractivity contribution in [2.24, 2.45) is 28.6 Å². The van der Waals surface area contributed by atoms with Gasteiger partial charge >= 0.3 is 0 Å². The largest absolute Gasteiger partial charge is 0.348 e. The maximum atomic E-state index is 6.31. The van der Waals surface area contributed by atoms with Crippen LogP contribution in [-0.2, 0) is 9.47 Å². The number of hydrogen-bond donors (Lipinski definition) is 0. The van der Waals surface area contributed by atoms with E-state index in [1.54, 1.807) is 0 Å². The van der Waals surface area contributed by atoms with Crippen LogP contribution in [-0.4, -0.2) is 25.7 Å². The molecule has 1 spiro atoms. The molecular formula is C26H45BO2. The van der Waals surface area contributed by atoms with E-state index in [1.165, 1.54) is 64.1 Å². The average molecular weight is 400 g/mol. The lowest BCUT2D eigenvalue weighted by Gasteiger charge is -2.63. The zero-order valence-electron chi connectivity index (χ0n) is 19.7. The molecule has 0 N–H and O–H groups in total. The summed E-state index contributed by atoms with van der Waals surface area (Å²) in [4.78, 5) is 0. The Morgan fingerprint density at radius 2 is 1.45 bits per heavy atom. The summed E-state index contributed by atoms with van der Waals surface area (Å²) in [6.45, 7) is 13.0. The second-order valence-electron chi connectivity index (χ2n) is 12.5. The predicted octanol–water partition coefficient (Wildman–Crippen LogP) is 7.21. The first-order valence-corrected chi connectivity index (χ1v) is 13.1. The second-order valence-corrected chi connectivity index (χ2v) is 12.5. The molecule has 0 amide bonds. The fourth-order valence-electron chi connectivity index (χ4n) is 9.20. The van der Waals surface area contributed by atoms with Crippen molar-refractivity contribution >= 4 is 6.71 Å². The molecule has 0 radical (unpaired) electrons. The van der Waals surface area contributed by atoms with Crippen LogP contribution in [0.4, 0.5) is 0 Å². The van der Waals surface area contributed by atoms with Crippen molar-refractivity contribution in [1.82, 2.24) is 0 Å². The number of ether oxygens (including phenoxy) is 2. The van der Waals surface area contributed by atoms with E-state index in [0.717, 1.165) is 56.2 Å². The molecule has 164 valence electrons. The molecule has 2 nitrogen and oxygen atoms in total. The summed E-state index contributed by atoms with van der Waals surface area (Å²) in [5.74, 6) is 4.10. The van der Waals surface area contributed by atoms with Gasteiger partial charge in [0.05, 0.1) is 13.2 Å². The topological polar surface area (TPSA) is 18.5 Å². The van der Waals surface area contributed by atoms with Gasteiger partial charge in [-0.2, -0.15) is 0 Å². The van der Waals surface area contributed by atoms with Crippen LogP contribution < -0.4 is 0 Å². The van der Waals surface area contributed by atoms with Gasteiger partial charge in [0.25, 0.3) is 0 Å². The predicted molar refractivity (Wildman–Crippen MR) is 122 cm³/mol. The highest BCUT2D eigenvalue weighted by atomic mass is 16.7. The zero-order valence-corrected chi connectivity index (χ0v) is 19.7. The molecular weight excluding hydrogens is 355 g/mol. The third-order valence-corrected chi connectivity index (χ3v) is 11.4. The first-order valence-electron chi connectivity index (χ1n) is 13.1. The quantitative estimate of drug-likeness (QED) is 0.466. The van der Waals surface area contributed by atoms with Gasteiger partial charge in [0, 0.05) is 12.8 Å². The molecule has 3 heteroatoms. The molecule has 3 aliphatic heterocycles. The van der Waals surface area contributed by atoms with Crippen LogP contribution >= 0.6 is 0 Å². The Morgan fingerprint density at radius 1 is 0.828 bits per heavy atom. The van der Waals surface area contributed by atoms with Gasteiger partial charge < -0.3 is 9.47 Å². The van der Waals surface area contributed by atoms with Crippen molar-refractivity contribution in [1.29, 1.82) is 0 Å². The molecule has 0 aromatic heterocycles. The third-order valence-electron chi connectivity index (χ3n) is 11.4. The van der Waals surface area contributed by atoms with Gasteiger partial charge in [0.1, 0.15) is 6.71 Å². The Hall–Kier alpha value is -0.0151. The van der Waals surface area contributed by atoms with E-state index in [1.807, 2.05) is 0 Å².